The van der Waals surface area contributed by atoms with Crippen molar-refractivity contribution in [3.8, 4) is 11.5 Å². The molecule has 0 amide bonds. The van der Waals surface area contributed by atoms with E-state index in [0.717, 1.165) is 16.7 Å². The number of allylic oxidation sites excluding steroid dienone is 2. The van der Waals surface area contributed by atoms with Crippen LogP contribution < -0.4 is 9.47 Å². The number of halogens is 1. The molecular formula is C25H25ClN4O5. The van der Waals surface area contributed by atoms with Gasteiger partial charge in [-0.15, -0.1) is 5.10 Å². The largest absolute Gasteiger partial charge is 0.497 e. The monoisotopic (exact) mass is 496 g/mol. The van der Waals surface area contributed by atoms with E-state index in [1.807, 2.05) is 36.4 Å². The highest BCUT2D eigenvalue weighted by Gasteiger charge is 2.26. The first-order valence-corrected chi connectivity index (χ1v) is 11.3. The van der Waals surface area contributed by atoms with Gasteiger partial charge in [-0.25, -0.2) is 4.68 Å². The van der Waals surface area contributed by atoms with E-state index in [-0.39, 0.29) is 6.42 Å². The molecule has 2 aromatic carbocycles. The lowest BCUT2D eigenvalue weighted by Crippen LogP contribution is -2.31. The third kappa shape index (κ3) is 5.52. The Morgan fingerprint density at radius 2 is 1.89 bits per heavy atom. The first kappa shape index (κ1) is 24.4. The number of rotatable bonds is 7. The minimum Gasteiger partial charge on any atom is -0.497 e. The number of hydrogen-bond acceptors (Lipinski definition) is 8. The first-order valence-electron chi connectivity index (χ1n) is 10.9. The van der Waals surface area contributed by atoms with Crippen LogP contribution in [0.5, 0.6) is 11.5 Å². The van der Waals surface area contributed by atoms with Crippen LogP contribution in [0.15, 0.2) is 54.6 Å². The predicted octanol–water partition coefficient (Wildman–Crippen LogP) is 3.46. The maximum absolute atomic E-state index is 11.8. The molecule has 35 heavy (non-hydrogen) atoms. The number of nitrogens with zero attached hydrogens (tertiary/aromatic N) is 4. The number of cyclic esters (lactones) is 1. The molecule has 1 aliphatic heterocycles. The zero-order valence-electron chi connectivity index (χ0n) is 19.5. The van der Waals surface area contributed by atoms with Gasteiger partial charge in [-0.05, 0) is 52.4 Å². The summed E-state index contributed by atoms with van der Waals surface area (Å²) in [4.78, 5) is 11.8. The van der Waals surface area contributed by atoms with Crippen molar-refractivity contribution >= 4 is 28.7 Å². The van der Waals surface area contributed by atoms with Gasteiger partial charge in [0.25, 0.3) is 0 Å². The topological polar surface area (TPSA) is 109 Å². The summed E-state index contributed by atoms with van der Waals surface area (Å²) in [7, 11) is 4.91. The molecule has 1 fully saturated rings. The Hall–Kier alpha value is -3.69. The highest BCUT2D eigenvalue weighted by molar-refractivity contribution is 6.33. The smallest absolute Gasteiger partial charge is 0.309 e. The molecule has 2 heterocycles. The van der Waals surface area contributed by atoms with Crippen LogP contribution in [-0.2, 0) is 16.6 Å². The van der Waals surface area contributed by atoms with Gasteiger partial charge in [0.05, 0.1) is 31.8 Å². The molecule has 9 nitrogen and oxygen atoms in total. The van der Waals surface area contributed by atoms with Crippen LogP contribution in [-0.4, -0.2) is 57.7 Å². The fourth-order valence-electron chi connectivity index (χ4n) is 3.90. The summed E-state index contributed by atoms with van der Waals surface area (Å²) in [5.41, 5.74) is 2.95. The molecule has 10 heteroatoms. The van der Waals surface area contributed by atoms with Crippen molar-refractivity contribution in [2.45, 2.75) is 25.0 Å². The summed E-state index contributed by atoms with van der Waals surface area (Å²) < 4.78 is 17.6. The van der Waals surface area contributed by atoms with Crippen molar-refractivity contribution in [3.63, 3.8) is 0 Å². The molecular weight excluding hydrogens is 472 g/mol. The van der Waals surface area contributed by atoms with Crippen LogP contribution in [0.3, 0.4) is 0 Å². The van der Waals surface area contributed by atoms with E-state index in [1.54, 1.807) is 44.2 Å². The van der Waals surface area contributed by atoms with E-state index in [0.29, 0.717) is 34.3 Å². The molecule has 3 aromatic rings. The number of ether oxygens (including phenoxy) is 3. The highest BCUT2D eigenvalue weighted by atomic mass is 35.5. The number of aryl methyl sites for hydroxylation is 1. The van der Waals surface area contributed by atoms with Gasteiger partial charge >= 0.3 is 5.97 Å². The number of hydrogen-bond donors (Lipinski definition) is 1. The van der Waals surface area contributed by atoms with E-state index in [9.17, 15) is 9.90 Å². The van der Waals surface area contributed by atoms with Gasteiger partial charge in [0.15, 0.2) is 5.82 Å². The Labute approximate surface area is 207 Å². The van der Waals surface area contributed by atoms with Gasteiger partial charge < -0.3 is 19.3 Å². The Morgan fingerprint density at radius 1 is 1.17 bits per heavy atom. The normalized spacial score (nSPS) is 18.8. The van der Waals surface area contributed by atoms with Crippen molar-refractivity contribution in [1.82, 2.24) is 20.2 Å². The predicted molar refractivity (Wildman–Crippen MR) is 130 cm³/mol. The minimum absolute atomic E-state index is 0.0151. The number of aromatic nitrogens is 4. The Balaban J connectivity index is 1.94. The lowest BCUT2D eigenvalue weighted by molar-refractivity contribution is -0.156. The molecule has 0 unspecified atom stereocenters. The van der Waals surface area contributed by atoms with E-state index in [1.165, 1.54) is 0 Å². The Bertz CT molecular complexity index is 1270. The number of aliphatic hydroxyl groups is 1. The number of aliphatic hydroxyl groups excluding tert-OH is 1. The zero-order valence-corrected chi connectivity index (χ0v) is 20.3. The summed E-state index contributed by atoms with van der Waals surface area (Å²) >= 11 is 6.72. The van der Waals surface area contributed by atoms with Crippen molar-refractivity contribution in [2.24, 2.45) is 7.05 Å². The van der Waals surface area contributed by atoms with Crippen LogP contribution in [0.1, 0.15) is 29.8 Å². The maximum Gasteiger partial charge on any atom is 0.309 e. The summed E-state index contributed by atoms with van der Waals surface area (Å²) in [6, 6.07) is 12.9. The molecule has 0 spiro atoms. The number of carbonyl (C=O) groups is 1. The van der Waals surface area contributed by atoms with Gasteiger partial charge in [-0.2, -0.15) is 0 Å². The average Bonchev–Trinajstić information content (AvgIpc) is 3.27. The third-order valence-electron chi connectivity index (χ3n) is 5.62. The molecule has 182 valence electrons. The maximum atomic E-state index is 11.8. The summed E-state index contributed by atoms with van der Waals surface area (Å²) in [5.74, 6) is 1.35. The molecule has 1 aromatic heterocycles. The summed E-state index contributed by atoms with van der Waals surface area (Å²) in [6.07, 6.45) is 2.46. The minimum atomic E-state index is -0.757. The highest BCUT2D eigenvalue weighted by Crippen LogP contribution is 2.38. The van der Waals surface area contributed by atoms with Crippen molar-refractivity contribution in [3.05, 3.63) is 76.6 Å². The van der Waals surface area contributed by atoms with E-state index in [2.05, 4.69) is 15.5 Å². The number of methoxy groups -OCH3 is 2. The van der Waals surface area contributed by atoms with Gasteiger partial charge in [0.1, 0.15) is 17.6 Å². The van der Waals surface area contributed by atoms with Crippen LogP contribution in [0.25, 0.3) is 11.1 Å². The molecule has 0 saturated carbocycles. The van der Waals surface area contributed by atoms with Crippen molar-refractivity contribution in [2.75, 3.05) is 14.2 Å². The SMILES string of the molecule is COc1ccc(/C(=C(\C=C\[C@@H]2C[C@@H](O)CC(=O)O2)c2nnnn2C)c2ccc(OC)cc2Cl)cc1. The van der Waals surface area contributed by atoms with E-state index < -0.39 is 18.2 Å². The molecule has 0 aliphatic carbocycles. The molecule has 0 bridgehead atoms. The lowest BCUT2D eigenvalue weighted by atomic mass is 9.91. The molecule has 4 rings (SSSR count). The Kier molecular flexibility index (Phi) is 7.48. The van der Waals surface area contributed by atoms with Crippen LogP contribution in [0.2, 0.25) is 5.02 Å². The molecule has 2 atom stereocenters. The van der Waals surface area contributed by atoms with Gasteiger partial charge in [-0.1, -0.05) is 29.8 Å². The Morgan fingerprint density at radius 3 is 2.49 bits per heavy atom. The van der Waals surface area contributed by atoms with Gasteiger partial charge in [0, 0.05) is 30.2 Å². The zero-order chi connectivity index (χ0) is 24.9. The van der Waals surface area contributed by atoms with E-state index >= 15 is 0 Å². The van der Waals surface area contributed by atoms with Crippen LogP contribution in [0, 0.1) is 0 Å². The average molecular weight is 497 g/mol. The number of benzene rings is 2. The number of carbonyl (C=O) groups excluding carboxylic acids is 1. The quantitative estimate of drug-likeness (QED) is 0.391. The first-order chi connectivity index (χ1) is 16.9. The second-order valence-electron chi connectivity index (χ2n) is 7.97. The standard InChI is InChI=1S/C25H25ClN4O5/c1-30-25(27-28-29-30)21(11-9-19-12-16(31)13-23(32)35-19)24(15-4-6-17(33-2)7-5-15)20-10-8-18(34-3)14-22(20)26/h4-11,14,16,19,31H,12-13H2,1-3H3/b11-9+,24-21-/t16-,19-/m1/s1. The van der Waals surface area contributed by atoms with Crippen molar-refractivity contribution in [1.29, 1.82) is 0 Å². The molecule has 1 aliphatic rings. The third-order valence-corrected chi connectivity index (χ3v) is 5.93. The van der Waals surface area contributed by atoms with Crippen molar-refractivity contribution < 1.29 is 24.1 Å². The summed E-state index contributed by atoms with van der Waals surface area (Å²) in [5, 5.41) is 22.5. The molecule has 1 N–H and O–H groups in total. The lowest BCUT2D eigenvalue weighted by Gasteiger charge is -2.23. The number of esters is 1. The van der Waals surface area contributed by atoms with E-state index in [4.69, 9.17) is 25.8 Å². The fraction of sp³-hybridized carbons (Fsp3) is 0.280. The van der Waals surface area contributed by atoms with Gasteiger partial charge in [0.2, 0.25) is 0 Å². The van der Waals surface area contributed by atoms with Crippen LogP contribution in [0.4, 0.5) is 0 Å². The molecule has 0 radical (unpaired) electrons. The number of tetrazole rings is 1. The summed E-state index contributed by atoms with van der Waals surface area (Å²) in [6.45, 7) is 0. The van der Waals surface area contributed by atoms with Gasteiger partial charge in [-0.3, -0.25) is 4.79 Å². The fourth-order valence-corrected chi connectivity index (χ4v) is 4.16. The second-order valence-corrected chi connectivity index (χ2v) is 8.38. The van der Waals surface area contributed by atoms with Crippen LogP contribution >= 0.6 is 11.6 Å². The second kappa shape index (κ2) is 10.7. The molecule has 1 saturated heterocycles.